The van der Waals surface area contributed by atoms with Gasteiger partial charge in [-0.3, -0.25) is 0 Å². The van der Waals surface area contributed by atoms with Crippen molar-refractivity contribution in [2.45, 2.75) is 18.8 Å². The summed E-state index contributed by atoms with van der Waals surface area (Å²) in [6, 6.07) is 10.9. The average Bonchev–Trinajstić information content (AvgIpc) is 3.33. The highest BCUT2D eigenvalue weighted by molar-refractivity contribution is 5.91. The lowest BCUT2D eigenvalue weighted by Gasteiger charge is -2.26. The molecule has 0 saturated carbocycles. The summed E-state index contributed by atoms with van der Waals surface area (Å²) in [5.41, 5.74) is 3.90. The Morgan fingerprint density at radius 1 is 1.17 bits per heavy atom. The molecular formula is C19H21N5. The molecule has 5 nitrogen and oxygen atoms in total. The maximum atomic E-state index is 4.63. The molecule has 3 aromatic rings. The number of likely N-dealkylation sites (tertiary alicyclic amines) is 1. The minimum atomic E-state index is 0.222. The lowest BCUT2D eigenvalue weighted by atomic mass is 9.82. The average molecular weight is 319 g/mol. The second kappa shape index (κ2) is 5.05. The first-order valence-electron chi connectivity index (χ1n) is 8.68. The predicted octanol–water partition coefficient (Wildman–Crippen LogP) is 3.07. The number of para-hydroxylation sites is 1. The highest BCUT2D eigenvalue weighted by Gasteiger charge is 2.47. The molecule has 24 heavy (non-hydrogen) atoms. The number of nitrogens with one attached hydrogen (secondary N) is 1. The molecule has 1 atom stereocenters. The van der Waals surface area contributed by atoms with E-state index in [-0.39, 0.29) is 5.41 Å². The summed E-state index contributed by atoms with van der Waals surface area (Å²) >= 11 is 0. The van der Waals surface area contributed by atoms with Gasteiger partial charge in [0.1, 0.15) is 17.8 Å². The number of rotatable bonds is 2. The van der Waals surface area contributed by atoms with Gasteiger partial charge in [0.25, 0.3) is 0 Å². The van der Waals surface area contributed by atoms with Crippen molar-refractivity contribution in [2.24, 2.45) is 0 Å². The van der Waals surface area contributed by atoms with Gasteiger partial charge in [-0.25, -0.2) is 9.97 Å². The summed E-state index contributed by atoms with van der Waals surface area (Å²) in [6.07, 6.45) is 4.82. The zero-order valence-corrected chi connectivity index (χ0v) is 13.9. The maximum absolute atomic E-state index is 4.63. The smallest absolute Gasteiger partial charge is 0.145 e. The molecule has 1 saturated heterocycles. The molecule has 5 heteroatoms. The van der Waals surface area contributed by atoms with Crippen molar-refractivity contribution in [2.75, 3.05) is 31.1 Å². The van der Waals surface area contributed by atoms with Crippen molar-refractivity contribution < 1.29 is 0 Å². The molecule has 1 spiro atoms. The SMILES string of the molecule is CCN1CC[C@@]2(C1)CN(c1ncnc3[nH]ccc13)c1ccccc12. The van der Waals surface area contributed by atoms with Crippen LogP contribution in [0.1, 0.15) is 18.9 Å². The summed E-state index contributed by atoms with van der Waals surface area (Å²) in [7, 11) is 0. The van der Waals surface area contributed by atoms with E-state index in [1.807, 2.05) is 6.20 Å². The Labute approximate surface area is 141 Å². The van der Waals surface area contributed by atoms with Crippen molar-refractivity contribution in [1.29, 1.82) is 0 Å². The van der Waals surface area contributed by atoms with E-state index in [9.17, 15) is 0 Å². The number of aromatic amines is 1. The summed E-state index contributed by atoms with van der Waals surface area (Å²) in [4.78, 5) is 17.1. The first kappa shape index (κ1) is 14.0. The molecule has 122 valence electrons. The molecule has 1 aromatic carbocycles. The van der Waals surface area contributed by atoms with E-state index in [0.717, 1.165) is 36.5 Å². The molecule has 5 rings (SSSR count). The minimum Gasteiger partial charge on any atom is -0.346 e. The van der Waals surface area contributed by atoms with Crippen LogP contribution >= 0.6 is 0 Å². The zero-order chi connectivity index (χ0) is 16.1. The van der Waals surface area contributed by atoms with Gasteiger partial charge in [0.05, 0.1) is 5.39 Å². The number of fused-ring (bicyclic) bond motifs is 3. The third-order valence-corrected chi connectivity index (χ3v) is 5.70. The highest BCUT2D eigenvalue weighted by Crippen LogP contribution is 2.49. The minimum absolute atomic E-state index is 0.222. The lowest BCUT2D eigenvalue weighted by molar-refractivity contribution is 0.331. The summed E-state index contributed by atoms with van der Waals surface area (Å²) in [5.74, 6) is 1.01. The van der Waals surface area contributed by atoms with Gasteiger partial charge in [0.15, 0.2) is 0 Å². The molecule has 0 amide bonds. The standard InChI is InChI=1S/C19H21N5/c1-2-23-10-8-19(11-23)12-24(16-6-4-3-5-15(16)19)18-14-7-9-20-17(14)21-13-22-18/h3-7,9,13H,2,8,10-12H2,1H3,(H,20,21,22)/t19-/m1/s1. The second-order valence-corrected chi connectivity index (χ2v) is 6.94. The summed E-state index contributed by atoms with van der Waals surface area (Å²) in [6.45, 7) is 6.70. The fourth-order valence-corrected chi connectivity index (χ4v) is 4.47. The van der Waals surface area contributed by atoms with Crippen LogP contribution in [0.25, 0.3) is 11.0 Å². The number of benzene rings is 1. The first-order chi connectivity index (χ1) is 11.8. The Balaban J connectivity index is 1.65. The van der Waals surface area contributed by atoms with E-state index in [0.29, 0.717) is 0 Å². The van der Waals surface area contributed by atoms with Gasteiger partial charge in [-0.15, -0.1) is 0 Å². The van der Waals surface area contributed by atoms with Crippen LogP contribution < -0.4 is 4.90 Å². The van der Waals surface area contributed by atoms with Gasteiger partial charge in [0, 0.05) is 30.4 Å². The topological polar surface area (TPSA) is 48.1 Å². The lowest BCUT2D eigenvalue weighted by Crippen LogP contribution is -2.35. The van der Waals surface area contributed by atoms with Crippen molar-refractivity contribution in [3.63, 3.8) is 0 Å². The zero-order valence-electron chi connectivity index (χ0n) is 13.9. The predicted molar refractivity (Wildman–Crippen MR) is 95.7 cm³/mol. The number of H-pyrrole nitrogens is 1. The normalized spacial score (nSPS) is 23.5. The quantitative estimate of drug-likeness (QED) is 0.788. The molecule has 1 N–H and O–H groups in total. The number of nitrogens with zero attached hydrogens (tertiary/aromatic N) is 4. The maximum Gasteiger partial charge on any atom is 0.145 e. The van der Waals surface area contributed by atoms with Crippen LogP contribution in [0.15, 0.2) is 42.9 Å². The van der Waals surface area contributed by atoms with E-state index in [4.69, 9.17) is 0 Å². The fraction of sp³-hybridized carbons (Fsp3) is 0.368. The number of likely N-dealkylation sites (N-methyl/N-ethyl adjacent to an activating group) is 1. The fourth-order valence-electron chi connectivity index (χ4n) is 4.47. The Bertz CT molecular complexity index is 901. The van der Waals surface area contributed by atoms with Gasteiger partial charge in [-0.05, 0) is 37.2 Å². The second-order valence-electron chi connectivity index (χ2n) is 6.94. The van der Waals surface area contributed by atoms with Crippen LogP contribution in [-0.2, 0) is 5.41 Å². The van der Waals surface area contributed by atoms with Gasteiger partial charge in [0.2, 0.25) is 0 Å². The van der Waals surface area contributed by atoms with Crippen LogP contribution in [0.3, 0.4) is 0 Å². The van der Waals surface area contributed by atoms with Crippen LogP contribution in [-0.4, -0.2) is 46.0 Å². The van der Waals surface area contributed by atoms with Crippen molar-refractivity contribution in [3.05, 3.63) is 48.4 Å². The Morgan fingerprint density at radius 3 is 2.96 bits per heavy atom. The van der Waals surface area contributed by atoms with Gasteiger partial charge < -0.3 is 14.8 Å². The van der Waals surface area contributed by atoms with E-state index >= 15 is 0 Å². The summed E-state index contributed by atoms with van der Waals surface area (Å²) < 4.78 is 0. The van der Waals surface area contributed by atoms with Gasteiger partial charge >= 0.3 is 0 Å². The third-order valence-electron chi connectivity index (χ3n) is 5.70. The molecule has 2 aromatic heterocycles. The van der Waals surface area contributed by atoms with E-state index < -0.39 is 0 Å². The molecule has 0 radical (unpaired) electrons. The Kier molecular flexibility index (Phi) is 2.94. The number of aromatic nitrogens is 3. The van der Waals surface area contributed by atoms with E-state index in [2.05, 4.69) is 62.0 Å². The number of hydrogen-bond donors (Lipinski definition) is 1. The molecular weight excluding hydrogens is 298 g/mol. The monoisotopic (exact) mass is 319 g/mol. The summed E-state index contributed by atoms with van der Waals surface area (Å²) in [5, 5.41) is 1.09. The largest absolute Gasteiger partial charge is 0.346 e. The van der Waals surface area contributed by atoms with Gasteiger partial charge in [-0.2, -0.15) is 0 Å². The van der Waals surface area contributed by atoms with Crippen molar-refractivity contribution in [3.8, 4) is 0 Å². The molecule has 0 unspecified atom stereocenters. The number of hydrogen-bond acceptors (Lipinski definition) is 4. The van der Waals surface area contributed by atoms with Crippen molar-refractivity contribution in [1.82, 2.24) is 19.9 Å². The van der Waals surface area contributed by atoms with E-state index in [1.165, 1.54) is 24.2 Å². The number of anilines is 2. The molecule has 1 fully saturated rings. The van der Waals surface area contributed by atoms with Gasteiger partial charge in [-0.1, -0.05) is 25.1 Å². The molecule has 2 aliphatic rings. The van der Waals surface area contributed by atoms with Crippen LogP contribution in [0, 0.1) is 0 Å². The van der Waals surface area contributed by atoms with Crippen LogP contribution in [0.2, 0.25) is 0 Å². The van der Waals surface area contributed by atoms with E-state index in [1.54, 1.807) is 6.33 Å². The molecule has 4 heterocycles. The molecule has 0 bridgehead atoms. The highest BCUT2D eigenvalue weighted by atomic mass is 15.3. The molecule has 0 aliphatic carbocycles. The molecule has 2 aliphatic heterocycles. The van der Waals surface area contributed by atoms with Crippen molar-refractivity contribution >= 4 is 22.5 Å². The third kappa shape index (κ3) is 1.85. The van der Waals surface area contributed by atoms with Crippen LogP contribution in [0.5, 0.6) is 0 Å². The van der Waals surface area contributed by atoms with Crippen LogP contribution in [0.4, 0.5) is 11.5 Å². The Morgan fingerprint density at radius 2 is 2.08 bits per heavy atom. The first-order valence-corrected chi connectivity index (χ1v) is 8.68. The Hall–Kier alpha value is -2.40.